The van der Waals surface area contributed by atoms with Crippen molar-refractivity contribution in [3.8, 4) is 10.6 Å². The molecule has 3 rings (SSSR count). The molecule has 3 nitrogen and oxygen atoms in total. The minimum atomic E-state index is -0.0149. The average molecular weight is 301 g/mol. The molecule has 1 unspecified atom stereocenters. The van der Waals surface area contributed by atoms with E-state index < -0.39 is 0 Å². The van der Waals surface area contributed by atoms with Gasteiger partial charge in [0.2, 0.25) is 0 Å². The number of nitrogens with zero attached hydrogens (tertiary/aromatic N) is 2. The van der Waals surface area contributed by atoms with Gasteiger partial charge in [0.1, 0.15) is 11.3 Å². The first-order chi connectivity index (χ1) is 9.59. The third-order valence-corrected chi connectivity index (χ3v) is 4.70. The molecule has 3 aromatic heterocycles. The van der Waals surface area contributed by atoms with Crippen LogP contribution in [0.2, 0.25) is 0 Å². The summed E-state index contributed by atoms with van der Waals surface area (Å²) in [7, 11) is 0. The maximum atomic E-state index is 5.87. The summed E-state index contributed by atoms with van der Waals surface area (Å²) in [6, 6.07) is 8.21. The van der Waals surface area contributed by atoms with Gasteiger partial charge in [0.25, 0.3) is 0 Å². The summed E-state index contributed by atoms with van der Waals surface area (Å²) in [5.74, 6) is -0.0149. The fraction of sp³-hybridized carbons (Fsp3) is 0.200. The molecule has 0 spiro atoms. The summed E-state index contributed by atoms with van der Waals surface area (Å²) >= 11 is 6.87. The Morgan fingerprint density at radius 1 is 1.40 bits per heavy atom. The molecular weight excluding hydrogens is 286 g/mol. The number of thiocarbonyl (C=S) groups is 1. The normalized spacial score (nSPS) is 12.7. The van der Waals surface area contributed by atoms with E-state index in [4.69, 9.17) is 22.9 Å². The van der Waals surface area contributed by atoms with E-state index in [9.17, 15) is 0 Å². The summed E-state index contributed by atoms with van der Waals surface area (Å²) < 4.78 is 2.11. The topological polar surface area (TPSA) is 43.3 Å². The lowest BCUT2D eigenvalue weighted by molar-refractivity contribution is 0.929. The summed E-state index contributed by atoms with van der Waals surface area (Å²) in [5, 5.41) is 2.06. The smallest absolute Gasteiger partial charge is 0.140 e. The molecule has 0 bridgehead atoms. The number of pyridine rings is 1. The molecule has 0 aliphatic heterocycles. The average Bonchev–Trinajstić information content (AvgIpc) is 3.05. The Hall–Kier alpha value is -1.72. The lowest BCUT2D eigenvalue weighted by Crippen LogP contribution is -2.18. The van der Waals surface area contributed by atoms with Crippen LogP contribution in [-0.2, 0) is 0 Å². The molecule has 0 saturated carbocycles. The van der Waals surface area contributed by atoms with E-state index in [1.54, 1.807) is 11.3 Å². The van der Waals surface area contributed by atoms with Crippen LogP contribution in [0.25, 0.3) is 16.2 Å². The van der Waals surface area contributed by atoms with Crippen molar-refractivity contribution in [2.45, 2.75) is 19.8 Å². The van der Waals surface area contributed by atoms with Crippen LogP contribution >= 0.6 is 23.6 Å². The molecule has 0 aliphatic rings. The highest BCUT2D eigenvalue weighted by Gasteiger charge is 2.22. The van der Waals surface area contributed by atoms with Gasteiger partial charge in [-0.2, -0.15) is 0 Å². The number of hydrogen-bond acceptors (Lipinski definition) is 3. The lowest BCUT2D eigenvalue weighted by atomic mass is 10.1. The first-order valence-corrected chi connectivity index (χ1v) is 7.69. The van der Waals surface area contributed by atoms with Gasteiger partial charge in [-0.15, -0.1) is 11.3 Å². The number of aryl methyl sites for hydroxylation is 1. The van der Waals surface area contributed by atoms with Crippen LogP contribution in [-0.4, -0.2) is 14.4 Å². The van der Waals surface area contributed by atoms with Gasteiger partial charge in [-0.3, -0.25) is 0 Å². The largest absolute Gasteiger partial charge is 0.393 e. The Morgan fingerprint density at radius 2 is 2.20 bits per heavy atom. The molecule has 3 heterocycles. The van der Waals surface area contributed by atoms with Crippen LogP contribution in [0.4, 0.5) is 0 Å². The molecule has 3 aromatic rings. The number of nitrogens with two attached hydrogens (primary N) is 1. The maximum Gasteiger partial charge on any atom is 0.140 e. The van der Waals surface area contributed by atoms with Crippen molar-refractivity contribution in [2.75, 3.05) is 0 Å². The molecule has 0 aliphatic carbocycles. The number of rotatable bonds is 3. The molecule has 2 N–H and O–H groups in total. The van der Waals surface area contributed by atoms with Crippen molar-refractivity contribution in [1.82, 2.24) is 9.38 Å². The van der Waals surface area contributed by atoms with Gasteiger partial charge in [0.05, 0.1) is 15.6 Å². The second-order valence-electron chi connectivity index (χ2n) is 4.83. The summed E-state index contributed by atoms with van der Waals surface area (Å²) in [5.41, 5.74) is 10.0. The van der Waals surface area contributed by atoms with E-state index in [-0.39, 0.29) is 5.92 Å². The molecule has 20 heavy (non-hydrogen) atoms. The van der Waals surface area contributed by atoms with Gasteiger partial charge in [0, 0.05) is 12.1 Å². The minimum Gasteiger partial charge on any atom is -0.393 e. The zero-order valence-corrected chi connectivity index (χ0v) is 13.0. The number of imidazole rings is 1. The maximum absolute atomic E-state index is 5.87. The quantitative estimate of drug-likeness (QED) is 0.749. The first-order valence-electron chi connectivity index (χ1n) is 6.40. The van der Waals surface area contributed by atoms with Crippen molar-refractivity contribution in [2.24, 2.45) is 5.73 Å². The molecule has 1 atom stereocenters. The van der Waals surface area contributed by atoms with E-state index in [0.717, 1.165) is 27.5 Å². The monoisotopic (exact) mass is 301 g/mol. The fourth-order valence-electron chi connectivity index (χ4n) is 2.37. The van der Waals surface area contributed by atoms with Crippen molar-refractivity contribution >= 4 is 34.2 Å². The molecule has 0 radical (unpaired) electrons. The predicted octanol–water partition coefficient (Wildman–Crippen LogP) is 3.76. The standard InChI is InChI=1S/C15H15N3S2/c1-9-5-3-7-18-13(10(2)14(16)19)12(17-15(9)18)11-6-4-8-20-11/h3-8,10H,1-2H3,(H2,16,19). The summed E-state index contributed by atoms with van der Waals surface area (Å²) in [4.78, 5) is 6.45. The minimum absolute atomic E-state index is 0.0149. The van der Waals surface area contributed by atoms with Crippen LogP contribution in [0, 0.1) is 6.92 Å². The molecule has 0 fully saturated rings. The Kier molecular flexibility index (Phi) is 3.31. The highest BCUT2D eigenvalue weighted by molar-refractivity contribution is 7.80. The van der Waals surface area contributed by atoms with Crippen LogP contribution in [0.3, 0.4) is 0 Å². The third kappa shape index (κ3) is 2.03. The van der Waals surface area contributed by atoms with E-state index in [1.807, 2.05) is 25.3 Å². The molecule has 102 valence electrons. The molecule has 0 amide bonds. The lowest BCUT2D eigenvalue weighted by Gasteiger charge is -2.11. The van der Waals surface area contributed by atoms with E-state index in [2.05, 4.69) is 28.8 Å². The van der Waals surface area contributed by atoms with E-state index >= 15 is 0 Å². The number of fused-ring (bicyclic) bond motifs is 1. The molecular formula is C15H15N3S2. The van der Waals surface area contributed by atoms with Crippen molar-refractivity contribution < 1.29 is 0 Å². The second-order valence-corrected chi connectivity index (χ2v) is 6.25. The van der Waals surface area contributed by atoms with Crippen LogP contribution in [0.5, 0.6) is 0 Å². The van der Waals surface area contributed by atoms with Crippen molar-refractivity contribution in [3.63, 3.8) is 0 Å². The summed E-state index contributed by atoms with van der Waals surface area (Å²) in [6.07, 6.45) is 2.02. The van der Waals surface area contributed by atoms with E-state index in [1.165, 1.54) is 0 Å². The van der Waals surface area contributed by atoms with Crippen molar-refractivity contribution in [1.29, 1.82) is 0 Å². The molecule has 0 saturated heterocycles. The zero-order valence-electron chi connectivity index (χ0n) is 11.3. The van der Waals surface area contributed by atoms with Gasteiger partial charge >= 0.3 is 0 Å². The fourth-order valence-corrected chi connectivity index (χ4v) is 3.20. The van der Waals surface area contributed by atoms with Crippen molar-refractivity contribution in [3.05, 3.63) is 47.1 Å². The van der Waals surface area contributed by atoms with Crippen LogP contribution in [0.1, 0.15) is 24.1 Å². The number of hydrogen-bond donors (Lipinski definition) is 1. The Balaban J connectivity index is 2.36. The molecule has 0 aromatic carbocycles. The second kappa shape index (κ2) is 5.00. The van der Waals surface area contributed by atoms with Crippen LogP contribution in [0.15, 0.2) is 35.8 Å². The zero-order chi connectivity index (χ0) is 14.3. The first kappa shape index (κ1) is 13.3. The Morgan fingerprint density at radius 3 is 2.85 bits per heavy atom. The highest BCUT2D eigenvalue weighted by Crippen LogP contribution is 2.33. The van der Waals surface area contributed by atoms with Gasteiger partial charge in [-0.05, 0) is 30.0 Å². The van der Waals surface area contributed by atoms with Gasteiger partial charge in [-0.25, -0.2) is 4.98 Å². The summed E-state index contributed by atoms with van der Waals surface area (Å²) in [6.45, 7) is 4.10. The predicted molar refractivity (Wildman–Crippen MR) is 88.4 cm³/mol. The van der Waals surface area contributed by atoms with Gasteiger partial charge < -0.3 is 10.1 Å². The van der Waals surface area contributed by atoms with Crippen LogP contribution < -0.4 is 5.73 Å². The third-order valence-electron chi connectivity index (χ3n) is 3.47. The number of aromatic nitrogens is 2. The number of thiophene rings is 1. The Labute approximate surface area is 127 Å². The van der Waals surface area contributed by atoms with E-state index in [0.29, 0.717) is 4.99 Å². The Bertz CT molecular complexity index is 772. The molecule has 5 heteroatoms. The van der Waals surface area contributed by atoms with Gasteiger partial charge in [0.15, 0.2) is 0 Å². The van der Waals surface area contributed by atoms with Gasteiger partial charge in [-0.1, -0.05) is 31.3 Å². The SMILES string of the molecule is Cc1cccn2c(C(C)C(N)=S)c(-c3cccs3)nc12. The highest BCUT2D eigenvalue weighted by atomic mass is 32.1.